The molecule has 0 saturated carbocycles. The summed E-state index contributed by atoms with van der Waals surface area (Å²) in [6, 6.07) is 0. The lowest BCUT2D eigenvalue weighted by Gasteiger charge is -2.00. The van der Waals surface area contributed by atoms with Crippen LogP contribution in [0.2, 0.25) is 0 Å². The Kier molecular flexibility index (Phi) is 6.32. The second kappa shape index (κ2) is 4.78. The van der Waals surface area contributed by atoms with Gasteiger partial charge in [-0.05, 0) is 13.8 Å². The molecule has 1 unspecified atom stereocenters. The van der Waals surface area contributed by atoms with E-state index in [1.807, 2.05) is 0 Å². The molecule has 2 heteroatoms. The molecule has 0 aliphatic carbocycles. The third-order valence-electron chi connectivity index (χ3n) is 0.926. The van der Waals surface area contributed by atoms with Crippen molar-refractivity contribution in [2.75, 3.05) is 7.11 Å². The van der Waals surface area contributed by atoms with Crippen LogP contribution in [-0.2, 0) is 9.53 Å². The fourth-order valence-electron chi connectivity index (χ4n) is 0.166. The largest absolute Gasteiger partial charge is 0.374 e. The molecule has 8 heavy (non-hydrogen) atoms. The number of carbonyl (C=O) groups excluding carboxylic acids is 1. The summed E-state index contributed by atoms with van der Waals surface area (Å²) in [6.45, 7) is 3.23. The normalized spacial score (nSPS) is 11.9. The van der Waals surface area contributed by atoms with E-state index in [2.05, 4.69) is 4.74 Å². The fourth-order valence-corrected chi connectivity index (χ4v) is 0.166. The third kappa shape index (κ3) is 3.81. The Morgan fingerprint density at radius 3 is 2.00 bits per heavy atom. The SMILES string of the molecule is C.COC(C)C(C)=O. The predicted molar refractivity (Wildman–Crippen MR) is 33.9 cm³/mol. The van der Waals surface area contributed by atoms with Gasteiger partial charge < -0.3 is 4.74 Å². The number of ether oxygens (including phenoxy) is 1. The van der Waals surface area contributed by atoms with E-state index in [9.17, 15) is 4.79 Å². The Morgan fingerprint density at radius 2 is 2.00 bits per heavy atom. The lowest BCUT2D eigenvalue weighted by atomic mass is 10.3. The standard InChI is InChI=1S/C5H10O2.CH4/c1-4(6)5(2)7-3;/h5H,1-3H3;1H4. The van der Waals surface area contributed by atoms with Gasteiger partial charge in [0.25, 0.3) is 0 Å². The molecule has 0 aliphatic heterocycles. The van der Waals surface area contributed by atoms with Crippen LogP contribution < -0.4 is 0 Å². The van der Waals surface area contributed by atoms with Gasteiger partial charge in [-0.1, -0.05) is 7.43 Å². The van der Waals surface area contributed by atoms with E-state index < -0.39 is 0 Å². The van der Waals surface area contributed by atoms with Crippen LogP contribution in [0.3, 0.4) is 0 Å². The second-order valence-electron chi connectivity index (χ2n) is 1.49. The minimum Gasteiger partial charge on any atom is -0.374 e. The first-order valence-corrected chi connectivity index (χ1v) is 2.21. The average Bonchev–Trinajstić information content (AvgIpc) is 1.65. The number of hydrogen-bond acceptors (Lipinski definition) is 2. The van der Waals surface area contributed by atoms with Gasteiger partial charge in [-0.15, -0.1) is 0 Å². The number of Topliss-reactive ketones (excluding diaryl/α,β-unsaturated/α-hetero) is 1. The monoisotopic (exact) mass is 118 g/mol. The molecule has 0 rings (SSSR count). The highest BCUT2D eigenvalue weighted by Gasteiger charge is 2.01. The van der Waals surface area contributed by atoms with Crippen LogP contribution in [0.15, 0.2) is 0 Å². The number of rotatable bonds is 2. The Bertz CT molecular complexity index is 68.9. The van der Waals surface area contributed by atoms with Crippen molar-refractivity contribution in [1.82, 2.24) is 0 Å². The third-order valence-corrected chi connectivity index (χ3v) is 0.926. The predicted octanol–water partition coefficient (Wildman–Crippen LogP) is 1.25. The first-order valence-electron chi connectivity index (χ1n) is 2.21. The van der Waals surface area contributed by atoms with Crippen molar-refractivity contribution in [1.29, 1.82) is 0 Å². The zero-order valence-electron chi connectivity index (χ0n) is 4.89. The fraction of sp³-hybridized carbons (Fsp3) is 0.833. The maximum atomic E-state index is 10.2. The van der Waals surface area contributed by atoms with Crippen LogP contribution in [0, 0.1) is 0 Å². The van der Waals surface area contributed by atoms with Crippen LogP contribution in [0.1, 0.15) is 21.3 Å². The summed E-state index contributed by atoms with van der Waals surface area (Å²) in [5.41, 5.74) is 0. The molecule has 0 heterocycles. The summed E-state index contributed by atoms with van der Waals surface area (Å²) in [5.74, 6) is 0.0718. The minimum absolute atomic E-state index is 0. The van der Waals surface area contributed by atoms with E-state index in [-0.39, 0.29) is 19.3 Å². The van der Waals surface area contributed by atoms with Gasteiger partial charge >= 0.3 is 0 Å². The summed E-state index contributed by atoms with van der Waals surface area (Å²) < 4.78 is 4.66. The molecule has 0 aliphatic rings. The number of hydrogen-bond donors (Lipinski definition) is 0. The van der Waals surface area contributed by atoms with E-state index in [0.717, 1.165) is 0 Å². The topological polar surface area (TPSA) is 26.3 Å². The Hall–Kier alpha value is -0.370. The summed E-state index contributed by atoms with van der Waals surface area (Å²) in [4.78, 5) is 10.2. The minimum atomic E-state index is -0.236. The molecular formula is C6H14O2. The zero-order valence-corrected chi connectivity index (χ0v) is 4.89. The van der Waals surface area contributed by atoms with E-state index in [0.29, 0.717) is 0 Å². The van der Waals surface area contributed by atoms with Crippen LogP contribution in [0.25, 0.3) is 0 Å². The molecule has 0 radical (unpaired) electrons. The molecule has 0 aromatic carbocycles. The summed E-state index contributed by atoms with van der Waals surface area (Å²) in [5, 5.41) is 0. The molecule has 0 saturated heterocycles. The van der Waals surface area contributed by atoms with Crippen molar-refractivity contribution in [2.24, 2.45) is 0 Å². The lowest BCUT2D eigenvalue weighted by molar-refractivity contribution is -0.125. The van der Waals surface area contributed by atoms with Gasteiger partial charge in [0.2, 0.25) is 0 Å². The van der Waals surface area contributed by atoms with Gasteiger partial charge in [-0.2, -0.15) is 0 Å². The van der Waals surface area contributed by atoms with Crippen LogP contribution >= 0.6 is 0 Å². The maximum Gasteiger partial charge on any atom is 0.158 e. The summed E-state index contributed by atoms with van der Waals surface area (Å²) >= 11 is 0. The molecular weight excluding hydrogens is 104 g/mol. The smallest absolute Gasteiger partial charge is 0.158 e. The molecule has 0 bridgehead atoms. The molecule has 0 aromatic rings. The van der Waals surface area contributed by atoms with Gasteiger partial charge in [0.15, 0.2) is 5.78 Å². The molecule has 1 atom stereocenters. The van der Waals surface area contributed by atoms with Crippen molar-refractivity contribution in [2.45, 2.75) is 27.4 Å². The molecule has 0 spiro atoms. The van der Waals surface area contributed by atoms with Gasteiger partial charge in [-0.25, -0.2) is 0 Å². The van der Waals surface area contributed by atoms with Crippen molar-refractivity contribution in [3.8, 4) is 0 Å². The molecule has 0 fully saturated rings. The molecule has 0 amide bonds. The van der Waals surface area contributed by atoms with Crippen LogP contribution in [0.5, 0.6) is 0 Å². The molecule has 2 nitrogen and oxygen atoms in total. The quantitative estimate of drug-likeness (QED) is 0.545. The highest BCUT2D eigenvalue weighted by atomic mass is 16.5. The van der Waals surface area contributed by atoms with Gasteiger partial charge in [0, 0.05) is 7.11 Å². The second-order valence-corrected chi connectivity index (χ2v) is 1.49. The Labute approximate surface area is 50.8 Å². The van der Waals surface area contributed by atoms with Crippen molar-refractivity contribution in [3.63, 3.8) is 0 Å². The first kappa shape index (κ1) is 10.6. The summed E-state index contributed by atoms with van der Waals surface area (Å²) in [6.07, 6.45) is -0.236. The van der Waals surface area contributed by atoms with E-state index >= 15 is 0 Å². The van der Waals surface area contributed by atoms with Crippen molar-refractivity contribution in [3.05, 3.63) is 0 Å². The maximum absolute atomic E-state index is 10.2. The first-order chi connectivity index (χ1) is 3.18. The van der Waals surface area contributed by atoms with Crippen LogP contribution in [-0.4, -0.2) is 19.0 Å². The van der Waals surface area contributed by atoms with Crippen molar-refractivity contribution >= 4 is 5.78 Å². The Morgan fingerprint density at radius 1 is 1.62 bits per heavy atom. The van der Waals surface area contributed by atoms with Gasteiger partial charge in [0.1, 0.15) is 6.10 Å². The number of methoxy groups -OCH3 is 1. The molecule has 0 N–H and O–H groups in total. The lowest BCUT2D eigenvalue weighted by Crippen LogP contribution is -2.14. The number of ketones is 1. The average molecular weight is 118 g/mol. The van der Waals surface area contributed by atoms with Gasteiger partial charge in [0.05, 0.1) is 0 Å². The van der Waals surface area contributed by atoms with E-state index in [1.165, 1.54) is 14.0 Å². The van der Waals surface area contributed by atoms with E-state index in [4.69, 9.17) is 0 Å². The molecule has 0 aromatic heterocycles. The van der Waals surface area contributed by atoms with E-state index in [1.54, 1.807) is 6.92 Å². The zero-order chi connectivity index (χ0) is 5.86. The molecule has 50 valence electrons. The highest BCUT2D eigenvalue weighted by Crippen LogP contribution is 1.85. The van der Waals surface area contributed by atoms with Crippen LogP contribution in [0.4, 0.5) is 0 Å². The Balaban J connectivity index is 0. The number of carbonyl (C=O) groups is 1. The highest BCUT2D eigenvalue weighted by molar-refractivity contribution is 5.79. The van der Waals surface area contributed by atoms with Gasteiger partial charge in [-0.3, -0.25) is 4.79 Å². The summed E-state index contributed by atoms with van der Waals surface area (Å²) in [7, 11) is 1.52. The van der Waals surface area contributed by atoms with Crippen molar-refractivity contribution < 1.29 is 9.53 Å².